The second kappa shape index (κ2) is 4.97. The molecule has 0 unspecified atom stereocenters. The van der Waals surface area contributed by atoms with Crippen LogP contribution < -0.4 is 5.32 Å². The minimum atomic E-state index is 0.344. The highest BCUT2D eigenvalue weighted by Gasteiger charge is 2.07. The summed E-state index contributed by atoms with van der Waals surface area (Å²) < 4.78 is 0. The smallest absolute Gasteiger partial charge is 0.0570 e. The van der Waals surface area contributed by atoms with Gasteiger partial charge < -0.3 is 5.32 Å². The van der Waals surface area contributed by atoms with Crippen molar-refractivity contribution in [2.45, 2.75) is 39.3 Å². The maximum Gasteiger partial charge on any atom is 0.0570 e. The zero-order valence-electron chi connectivity index (χ0n) is 8.62. The normalized spacial score (nSPS) is 15.3. The summed E-state index contributed by atoms with van der Waals surface area (Å²) in [5, 5.41) is 3.48. The van der Waals surface area contributed by atoms with E-state index in [1.54, 1.807) is 0 Å². The van der Waals surface area contributed by atoms with Crippen LogP contribution in [0.15, 0.2) is 24.4 Å². The van der Waals surface area contributed by atoms with Crippen molar-refractivity contribution in [1.29, 1.82) is 0 Å². The van der Waals surface area contributed by atoms with Gasteiger partial charge in [0.05, 0.1) is 5.69 Å². The van der Waals surface area contributed by atoms with Crippen LogP contribution in [0, 0.1) is 0 Å². The molecule has 0 aliphatic rings. The van der Waals surface area contributed by atoms with E-state index in [1.807, 2.05) is 18.3 Å². The number of nitrogens with zero attached hydrogens (tertiary/aromatic N) is 1. The van der Waals surface area contributed by atoms with Gasteiger partial charge in [-0.15, -0.1) is 0 Å². The van der Waals surface area contributed by atoms with Gasteiger partial charge in [-0.3, -0.25) is 4.98 Å². The number of hydrogen-bond donors (Lipinski definition) is 1. The summed E-state index contributed by atoms with van der Waals surface area (Å²) in [6.45, 7) is 6.52. The molecule has 0 bridgehead atoms. The maximum absolute atomic E-state index is 4.30. The molecule has 0 amide bonds. The molecule has 1 aromatic rings. The molecule has 0 aromatic carbocycles. The Kier molecular flexibility index (Phi) is 3.90. The third-order valence-corrected chi connectivity index (χ3v) is 2.28. The standard InChI is InChI=1S/C11H18N2/c1-4-9(2)13-10(3)11-7-5-6-8-12-11/h5-10,13H,4H2,1-3H3/t9-,10+/m0/s1. The average Bonchev–Trinajstić information content (AvgIpc) is 2.19. The second-order valence-corrected chi connectivity index (χ2v) is 3.45. The van der Waals surface area contributed by atoms with E-state index in [1.165, 1.54) is 0 Å². The van der Waals surface area contributed by atoms with E-state index < -0.39 is 0 Å². The maximum atomic E-state index is 4.30. The first-order valence-electron chi connectivity index (χ1n) is 4.91. The van der Waals surface area contributed by atoms with Gasteiger partial charge in [0, 0.05) is 18.3 Å². The third kappa shape index (κ3) is 3.15. The second-order valence-electron chi connectivity index (χ2n) is 3.45. The zero-order chi connectivity index (χ0) is 9.68. The van der Waals surface area contributed by atoms with Gasteiger partial charge >= 0.3 is 0 Å². The topological polar surface area (TPSA) is 24.9 Å². The molecule has 2 atom stereocenters. The first-order chi connectivity index (χ1) is 6.24. The van der Waals surface area contributed by atoms with Crippen LogP contribution in [-0.4, -0.2) is 11.0 Å². The fourth-order valence-corrected chi connectivity index (χ4v) is 1.26. The van der Waals surface area contributed by atoms with Crippen molar-refractivity contribution in [1.82, 2.24) is 10.3 Å². The highest BCUT2D eigenvalue weighted by molar-refractivity contribution is 5.07. The van der Waals surface area contributed by atoms with Gasteiger partial charge in [-0.2, -0.15) is 0 Å². The largest absolute Gasteiger partial charge is 0.306 e. The molecule has 1 rings (SSSR count). The van der Waals surface area contributed by atoms with Crippen LogP contribution in [0.3, 0.4) is 0 Å². The Bertz CT molecular complexity index is 233. The van der Waals surface area contributed by atoms with Crippen molar-refractivity contribution in [2.75, 3.05) is 0 Å². The van der Waals surface area contributed by atoms with Gasteiger partial charge in [0.1, 0.15) is 0 Å². The van der Waals surface area contributed by atoms with Crippen LogP contribution in [-0.2, 0) is 0 Å². The molecule has 0 saturated carbocycles. The Hall–Kier alpha value is -0.890. The molecule has 0 saturated heterocycles. The molecule has 1 aromatic heterocycles. The molecule has 1 heterocycles. The zero-order valence-corrected chi connectivity index (χ0v) is 8.62. The predicted octanol–water partition coefficient (Wildman–Crippen LogP) is 2.53. The Balaban J connectivity index is 2.53. The van der Waals surface area contributed by atoms with E-state index in [4.69, 9.17) is 0 Å². The van der Waals surface area contributed by atoms with Crippen LogP contribution in [0.25, 0.3) is 0 Å². The molecule has 2 heteroatoms. The van der Waals surface area contributed by atoms with Gasteiger partial charge in [-0.1, -0.05) is 13.0 Å². The lowest BCUT2D eigenvalue weighted by atomic mass is 10.1. The van der Waals surface area contributed by atoms with Gasteiger partial charge in [0.25, 0.3) is 0 Å². The number of aromatic nitrogens is 1. The van der Waals surface area contributed by atoms with E-state index in [9.17, 15) is 0 Å². The van der Waals surface area contributed by atoms with Gasteiger partial charge in [-0.25, -0.2) is 0 Å². The summed E-state index contributed by atoms with van der Waals surface area (Å²) in [5.41, 5.74) is 1.11. The number of rotatable bonds is 4. The molecule has 72 valence electrons. The van der Waals surface area contributed by atoms with Crippen molar-refractivity contribution in [3.63, 3.8) is 0 Å². The molecule has 13 heavy (non-hydrogen) atoms. The van der Waals surface area contributed by atoms with E-state index in [2.05, 4.69) is 37.1 Å². The Labute approximate surface area is 80.4 Å². The summed E-state index contributed by atoms with van der Waals surface area (Å²) >= 11 is 0. The van der Waals surface area contributed by atoms with Gasteiger partial charge in [0.15, 0.2) is 0 Å². The third-order valence-electron chi connectivity index (χ3n) is 2.28. The molecule has 0 aliphatic carbocycles. The Morgan fingerprint density at radius 3 is 2.69 bits per heavy atom. The molecule has 0 radical (unpaired) electrons. The highest BCUT2D eigenvalue weighted by Crippen LogP contribution is 2.09. The van der Waals surface area contributed by atoms with Crippen LogP contribution in [0.4, 0.5) is 0 Å². The summed E-state index contributed by atoms with van der Waals surface area (Å²) in [5.74, 6) is 0. The molecule has 0 aliphatic heterocycles. The lowest BCUT2D eigenvalue weighted by Crippen LogP contribution is -2.28. The fraction of sp³-hybridized carbons (Fsp3) is 0.545. The quantitative estimate of drug-likeness (QED) is 0.766. The van der Waals surface area contributed by atoms with E-state index in [0.717, 1.165) is 12.1 Å². The minimum Gasteiger partial charge on any atom is -0.306 e. The van der Waals surface area contributed by atoms with E-state index in [-0.39, 0.29) is 0 Å². The van der Waals surface area contributed by atoms with Crippen LogP contribution >= 0.6 is 0 Å². The molecule has 0 spiro atoms. The van der Waals surface area contributed by atoms with Crippen molar-refractivity contribution in [3.05, 3.63) is 30.1 Å². The fourth-order valence-electron chi connectivity index (χ4n) is 1.26. The van der Waals surface area contributed by atoms with E-state index in [0.29, 0.717) is 12.1 Å². The lowest BCUT2D eigenvalue weighted by molar-refractivity contribution is 0.462. The summed E-state index contributed by atoms with van der Waals surface area (Å²) in [6.07, 6.45) is 2.99. The van der Waals surface area contributed by atoms with Gasteiger partial charge in [0.2, 0.25) is 0 Å². The van der Waals surface area contributed by atoms with Gasteiger partial charge in [-0.05, 0) is 32.4 Å². The first kappa shape index (κ1) is 10.2. The molecular formula is C11H18N2. The van der Waals surface area contributed by atoms with E-state index >= 15 is 0 Å². The minimum absolute atomic E-state index is 0.344. The SMILES string of the molecule is CC[C@H](C)N[C@H](C)c1ccccn1. The highest BCUT2D eigenvalue weighted by atomic mass is 15.0. The summed E-state index contributed by atoms with van der Waals surface area (Å²) in [6, 6.07) is 6.92. The van der Waals surface area contributed by atoms with Crippen molar-refractivity contribution < 1.29 is 0 Å². The summed E-state index contributed by atoms with van der Waals surface area (Å²) in [7, 11) is 0. The first-order valence-corrected chi connectivity index (χ1v) is 4.91. The van der Waals surface area contributed by atoms with Crippen molar-refractivity contribution in [3.8, 4) is 0 Å². The predicted molar refractivity (Wildman–Crippen MR) is 55.5 cm³/mol. The van der Waals surface area contributed by atoms with Crippen LogP contribution in [0.2, 0.25) is 0 Å². The molecule has 0 fully saturated rings. The number of hydrogen-bond acceptors (Lipinski definition) is 2. The lowest BCUT2D eigenvalue weighted by Gasteiger charge is -2.17. The molecule has 1 N–H and O–H groups in total. The van der Waals surface area contributed by atoms with Crippen LogP contribution in [0.1, 0.15) is 38.9 Å². The van der Waals surface area contributed by atoms with Crippen molar-refractivity contribution >= 4 is 0 Å². The molecule has 2 nitrogen and oxygen atoms in total. The summed E-state index contributed by atoms with van der Waals surface area (Å²) in [4.78, 5) is 4.30. The molecular weight excluding hydrogens is 160 g/mol. The number of pyridine rings is 1. The Morgan fingerprint density at radius 1 is 1.38 bits per heavy atom. The Morgan fingerprint density at radius 2 is 2.15 bits per heavy atom. The monoisotopic (exact) mass is 178 g/mol. The average molecular weight is 178 g/mol. The number of nitrogens with one attached hydrogen (secondary N) is 1. The van der Waals surface area contributed by atoms with Crippen molar-refractivity contribution in [2.24, 2.45) is 0 Å². The van der Waals surface area contributed by atoms with Crippen LogP contribution in [0.5, 0.6) is 0 Å².